The van der Waals surface area contributed by atoms with E-state index >= 15 is 0 Å². The highest BCUT2D eigenvalue weighted by molar-refractivity contribution is 5.73. The van der Waals surface area contributed by atoms with Gasteiger partial charge in [0.25, 0.3) is 0 Å². The van der Waals surface area contributed by atoms with Crippen LogP contribution in [0.2, 0.25) is 0 Å². The molecule has 2 rings (SSSR count). The molecule has 2 aromatic heterocycles. The first-order valence-electron chi connectivity index (χ1n) is 4.24. The molecule has 0 spiro atoms. The summed E-state index contributed by atoms with van der Waals surface area (Å²) in [5, 5.41) is 1.09. The molecule has 0 aliphatic rings. The van der Waals surface area contributed by atoms with Gasteiger partial charge in [0.15, 0.2) is 5.65 Å². The van der Waals surface area contributed by atoms with E-state index in [0.29, 0.717) is 0 Å². The van der Waals surface area contributed by atoms with Gasteiger partial charge in [-0.2, -0.15) is 0 Å². The van der Waals surface area contributed by atoms with E-state index in [1.165, 1.54) is 0 Å². The van der Waals surface area contributed by atoms with Crippen LogP contribution in [0.15, 0.2) is 36.7 Å². The quantitative estimate of drug-likeness (QED) is 0.661. The molecule has 0 aliphatic carbocycles. The van der Waals surface area contributed by atoms with Crippen LogP contribution in [-0.2, 0) is 0 Å². The van der Waals surface area contributed by atoms with E-state index in [1.54, 1.807) is 12.4 Å². The fourth-order valence-electron chi connectivity index (χ4n) is 0.908. The third-order valence-corrected chi connectivity index (χ3v) is 1.38. The largest absolute Gasteiger partial charge is 0.331 e. The lowest BCUT2D eigenvalue weighted by Crippen LogP contribution is -1.87. The van der Waals surface area contributed by atoms with Crippen LogP contribution in [0, 0.1) is 0 Å². The maximum absolute atomic E-state index is 4.85. The third kappa shape index (κ3) is 2.80. The minimum Gasteiger partial charge on any atom is -0.331 e. The Bertz CT molecular complexity index is 294. The van der Waals surface area contributed by atoms with Gasteiger partial charge in [0, 0.05) is 17.8 Å². The standard InChI is InChI=1S/C8H6N2.C2H7N/c1-3-7-4-2-6-10-8(7)9-5-1;1-2-3/h1-6H;2-3H2,1H3. The van der Waals surface area contributed by atoms with Gasteiger partial charge in [0.1, 0.15) is 0 Å². The minimum atomic E-state index is 0.750. The van der Waals surface area contributed by atoms with Crippen LogP contribution in [0.25, 0.3) is 11.0 Å². The minimum absolute atomic E-state index is 0.750. The summed E-state index contributed by atoms with van der Waals surface area (Å²) in [6.07, 6.45) is 3.49. The molecule has 2 aromatic rings. The highest BCUT2D eigenvalue weighted by Gasteiger charge is 1.88. The average Bonchev–Trinajstić information content (AvgIpc) is 2.19. The van der Waals surface area contributed by atoms with Crippen molar-refractivity contribution in [2.24, 2.45) is 5.73 Å². The third-order valence-electron chi connectivity index (χ3n) is 1.38. The molecular formula is C10H13N3. The number of fused-ring (bicyclic) bond motifs is 1. The molecule has 0 atom stereocenters. The first-order chi connectivity index (χ1) is 6.38. The van der Waals surface area contributed by atoms with Crippen molar-refractivity contribution >= 4 is 11.0 Å². The second-order valence-electron chi connectivity index (χ2n) is 2.46. The van der Waals surface area contributed by atoms with Gasteiger partial charge in [0.2, 0.25) is 0 Å². The number of nitrogens with zero attached hydrogens (tertiary/aromatic N) is 2. The monoisotopic (exact) mass is 175 g/mol. The highest BCUT2D eigenvalue weighted by Crippen LogP contribution is 2.04. The number of nitrogens with two attached hydrogens (primary N) is 1. The van der Waals surface area contributed by atoms with Gasteiger partial charge >= 0.3 is 0 Å². The molecule has 0 radical (unpaired) electrons. The van der Waals surface area contributed by atoms with E-state index in [9.17, 15) is 0 Å². The average molecular weight is 175 g/mol. The summed E-state index contributed by atoms with van der Waals surface area (Å²) in [5.74, 6) is 0. The summed E-state index contributed by atoms with van der Waals surface area (Å²) in [4.78, 5) is 8.14. The summed E-state index contributed by atoms with van der Waals surface area (Å²) >= 11 is 0. The summed E-state index contributed by atoms with van der Waals surface area (Å²) in [6, 6.07) is 7.80. The zero-order chi connectivity index (χ0) is 9.52. The molecule has 3 heteroatoms. The Hall–Kier alpha value is -1.48. The zero-order valence-corrected chi connectivity index (χ0v) is 7.64. The van der Waals surface area contributed by atoms with Gasteiger partial charge in [-0.3, -0.25) is 0 Å². The van der Waals surface area contributed by atoms with Crippen molar-refractivity contribution in [1.82, 2.24) is 9.97 Å². The van der Waals surface area contributed by atoms with Crippen LogP contribution in [0.5, 0.6) is 0 Å². The van der Waals surface area contributed by atoms with Crippen LogP contribution < -0.4 is 5.73 Å². The van der Waals surface area contributed by atoms with Crippen molar-refractivity contribution in [2.45, 2.75) is 6.92 Å². The summed E-state index contributed by atoms with van der Waals surface area (Å²) in [6.45, 7) is 2.65. The van der Waals surface area contributed by atoms with Crippen molar-refractivity contribution in [1.29, 1.82) is 0 Å². The fraction of sp³-hybridized carbons (Fsp3) is 0.200. The van der Waals surface area contributed by atoms with Gasteiger partial charge < -0.3 is 5.73 Å². The molecule has 68 valence electrons. The predicted octanol–water partition coefficient (Wildman–Crippen LogP) is 1.59. The Balaban J connectivity index is 0.000000251. The lowest BCUT2D eigenvalue weighted by molar-refractivity contribution is 1.14. The first-order valence-corrected chi connectivity index (χ1v) is 4.24. The first kappa shape index (κ1) is 9.61. The lowest BCUT2D eigenvalue weighted by Gasteiger charge is -1.90. The maximum Gasteiger partial charge on any atom is 0.159 e. The van der Waals surface area contributed by atoms with E-state index in [4.69, 9.17) is 5.73 Å². The predicted molar refractivity (Wildman–Crippen MR) is 54.3 cm³/mol. The number of rotatable bonds is 0. The SMILES string of the molecule is CCN.c1cnc2ncccc2c1. The van der Waals surface area contributed by atoms with Gasteiger partial charge in [-0.05, 0) is 30.8 Å². The van der Waals surface area contributed by atoms with Gasteiger partial charge in [-0.25, -0.2) is 9.97 Å². The molecule has 0 amide bonds. The number of pyridine rings is 2. The molecule has 3 nitrogen and oxygen atoms in total. The highest BCUT2D eigenvalue weighted by atomic mass is 14.8. The van der Waals surface area contributed by atoms with E-state index in [0.717, 1.165) is 17.6 Å². The Morgan fingerprint density at radius 1 is 1.15 bits per heavy atom. The summed E-state index contributed by atoms with van der Waals surface area (Å²) in [7, 11) is 0. The van der Waals surface area contributed by atoms with Crippen molar-refractivity contribution in [3.8, 4) is 0 Å². The smallest absolute Gasteiger partial charge is 0.159 e. The number of hydrogen-bond acceptors (Lipinski definition) is 3. The molecule has 0 unspecified atom stereocenters. The topological polar surface area (TPSA) is 51.8 Å². The summed E-state index contributed by atoms with van der Waals surface area (Å²) < 4.78 is 0. The van der Waals surface area contributed by atoms with Gasteiger partial charge in [0.05, 0.1) is 0 Å². The fourth-order valence-corrected chi connectivity index (χ4v) is 0.908. The Morgan fingerprint density at radius 3 is 2.00 bits per heavy atom. The van der Waals surface area contributed by atoms with E-state index in [-0.39, 0.29) is 0 Å². The van der Waals surface area contributed by atoms with Crippen LogP contribution in [0.1, 0.15) is 6.92 Å². The molecule has 0 fully saturated rings. The Kier molecular flexibility index (Phi) is 3.85. The molecule has 0 aromatic carbocycles. The maximum atomic E-state index is 4.85. The normalized spacial score (nSPS) is 9.08. The van der Waals surface area contributed by atoms with Crippen molar-refractivity contribution in [3.05, 3.63) is 36.7 Å². The lowest BCUT2D eigenvalue weighted by atomic mass is 10.3. The second kappa shape index (κ2) is 5.22. The molecule has 0 saturated heterocycles. The van der Waals surface area contributed by atoms with Crippen molar-refractivity contribution in [2.75, 3.05) is 6.54 Å². The van der Waals surface area contributed by atoms with Gasteiger partial charge in [-0.15, -0.1) is 0 Å². The summed E-state index contributed by atoms with van der Waals surface area (Å²) in [5.41, 5.74) is 5.66. The zero-order valence-electron chi connectivity index (χ0n) is 7.64. The molecule has 0 aliphatic heterocycles. The molecule has 0 saturated carbocycles. The molecule has 13 heavy (non-hydrogen) atoms. The van der Waals surface area contributed by atoms with E-state index < -0.39 is 0 Å². The molecule has 2 N–H and O–H groups in total. The molecule has 2 heterocycles. The van der Waals surface area contributed by atoms with Crippen LogP contribution >= 0.6 is 0 Å². The number of hydrogen-bond donors (Lipinski definition) is 1. The molecular weight excluding hydrogens is 162 g/mol. The van der Waals surface area contributed by atoms with Gasteiger partial charge in [-0.1, -0.05) is 6.92 Å². The van der Waals surface area contributed by atoms with Crippen LogP contribution in [0.3, 0.4) is 0 Å². The second-order valence-corrected chi connectivity index (χ2v) is 2.46. The van der Waals surface area contributed by atoms with E-state index in [1.807, 2.05) is 31.2 Å². The Morgan fingerprint density at radius 2 is 1.62 bits per heavy atom. The van der Waals surface area contributed by atoms with E-state index in [2.05, 4.69) is 9.97 Å². The molecule has 0 bridgehead atoms. The van der Waals surface area contributed by atoms with Crippen LogP contribution in [-0.4, -0.2) is 16.5 Å². The Labute approximate surface area is 77.6 Å². The van der Waals surface area contributed by atoms with Crippen LogP contribution in [0.4, 0.5) is 0 Å². The van der Waals surface area contributed by atoms with Crippen molar-refractivity contribution < 1.29 is 0 Å². The number of aromatic nitrogens is 2. The van der Waals surface area contributed by atoms with Crippen molar-refractivity contribution in [3.63, 3.8) is 0 Å².